The zero-order chi connectivity index (χ0) is 15.2. The Hall–Kier alpha value is -0.740. The van der Waals surface area contributed by atoms with Gasteiger partial charge in [-0.15, -0.1) is 0 Å². The standard InChI is InChI=1S/C8H15NS.C7H11NS/c1-5(2)8(6(3)9)7(4)10;1-5(2)7-4-8-9-6(7)3/h5H,9H2,1-4H3;4-5H,1-3H3/b8-6-;. The lowest BCUT2D eigenvalue weighted by atomic mass is 9.99. The molecule has 0 saturated heterocycles. The van der Waals surface area contributed by atoms with Gasteiger partial charge in [0.25, 0.3) is 0 Å². The molecular formula is C15H26N2S2. The van der Waals surface area contributed by atoms with Crippen LogP contribution in [0.1, 0.15) is 57.9 Å². The Labute approximate surface area is 127 Å². The fraction of sp³-hybridized carbons (Fsp3) is 0.600. The predicted molar refractivity (Wildman–Crippen MR) is 90.9 cm³/mol. The molecule has 0 spiro atoms. The fourth-order valence-corrected chi connectivity index (χ4v) is 3.12. The van der Waals surface area contributed by atoms with Crippen LogP contribution in [-0.2, 0) is 0 Å². The molecule has 0 atom stereocenters. The van der Waals surface area contributed by atoms with Crippen molar-refractivity contribution in [2.75, 3.05) is 0 Å². The second kappa shape index (κ2) is 8.43. The van der Waals surface area contributed by atoms with E-state index in [0.29, 0.717) is 11.8 Å². The molecule has 1 aromatic heterocycles. The van der Waals surface area contributed by atoms with Crippen LogP contribution in [0.3, 0.4) is 0 Å². The third kappa shape index (κ3) is 6.30. The Morgan fingerprint density at radius 3 is 1.89 bits per heavy atom. The first-order chi connectivity index (χ1) is 8.68. The molecule has 1 aromatic rings. The third-order valence-corrected chi connectivity index (χ3v) is 3.73. The first-order valence-corrected chi connectivity index (χ1v) is 7.74. The van der Waals surface area contributed by atoms with Crippen LogP contribution in [0.5, 0.6) is 0 Å². The van der Waals surface area contributed by atoms with E-state index in [1.54, 1.807) is 11.5 Å². The van der Waals surface area contributed by atoms with Crippen LogP contribution in [-0.4, -0.2) is 9.24 Å². The van der Waals surface area contributed by atoms with Gasteiger partial charge in [0.15, 0.2) is 0 Å². The van der Waals surface area contributed by atoms with Gasteiger partial charge < -0.3 is 5.73 Å². The molecule has 108 valence electrons. The second-order valence-electron chi connectivity index (χ2n) is 5.30. The quantitative estimate of drug-likeness (QED) is 0.641. The van der Waals surface area contributed by atoms with Crippen LogP contribution in [0, 0.1) is 12.8 Å². The van der Waals surface area contributed by atoms with Gasteiger partial charge >= 0.3 is 0 Å². The summed E-state index contributed by atoms with van der Waals surface area (Å²) in [7, 11) is 0. The third-order valence-electron chi connectivity index (χ3n) is 2.79. The Balaban J connectivity index is 0.000000342. The van der Waals surface area contributed by atoms with Crippen molar-refractivity contribution in [2.24, 2.45) is 11.7 Å². The van der Waals surface area contributed by atoms with E-state index < -0.39 is 0 Å². The molecule has 0 amide bonds. The highest BCUT2D eigenvalue weighted by atomic mass is 32.1. The van der Waals surface area contributed by atoms with Gasteiger partial charge in [-0.05, 0) is 55.3 Å². The van der Waals surface area contributed by atoms with E-state index in [-0.39, 0.29) is 0 Å². The lowest BCUT2D eigenvalue weighted by Gasteiger charge is -2.11. The molecule has 0 fully saturated rings. The Kier molecular flexibility index (Phi) is 8.11. The SMILES string of the molecule is CC(=S)/C(=C(/C)N)C(C)C.Cc1sncc1C(C)C. The molecular weight excluding hydrogens is 272 g/mol. The maximum absolute atomic E-state index is 5.63. The van der Waals surface area contributed by atoms with Crippen molar-refractivity contribution in [3.63, 3.8) is 0 Å². The highest BCUT2D eigenvalue weighted by Crippen LogP contribution is 2.20. The highest BCUT2D eigenvalue weighted by molar-refractivity contribution is 7.80. The van der Waals surface area contributed by atoms with Gasteiger partial charge in [0, 0.05) is 21.6 Å². The van der Waals surface area contributed by atoms with E-state index in [9.17, 15) is 0 Å². The number of nitrogens with zero attached hydrogens (tertiary/aromatic N) is 1. The summed E-state index contributed by atoms with van der Waals surface area (Å²) in [5.41, 5.74) is 8.99. The number of thiocarbonyl (C=S) groups is 1. The first-order valence-electron chi connectivity index (χ1n) is 6.56. The topological polar surface area (TPSA) is 38.9 Å². The number of hydrogen-bond acceptors (Lipinski definition) is 4. The largest absolute Gasteiger partial charge is 0.402 e. The Bertz CT molecular complexity index is 439. The molecule has 0 bridgehead atoms. The summed E-state index contributed by atoms with van der Waals surface area (Å²) < 4.78 is 4.08. The minimum absolute atomic E-state index is 0.447. The van der Waals surface area contributed by atoms with E-state index in [4.69, 9.17) is 18.0 Å². The number of allylic oxidation sites excluding steroid dienone is 2. The summed E-state index contributed by atoms with van der Waals surface area (Å²) in [6.07, 6.45) is 1.96. The molecule has 1 rings (SSSR count). The molecule has 0 unspecified atom stereocenters. The maximum Gasteiger partial charge on any atom is 0.0444 e. The number of aryl methyl sites for hydroxylation is 1. The summed E-state index contributed by atoms with van der Waals surface area (Å²) in [6.45, 7) is 14.5. The van der Waals surface area contributed by atoms with Crippen LogP contribution in [0.15, 0.2) is 17.5 Å². The van der Waals surface area contributed by atoms with E-state index >= 15 is 0 Å². The van der Waals surface area contributed by atoms with Crippen LogP contribution in [0.2, 0.25) is 0 Å². The molecule has 2 N–H and O–H groups in total. The van der Waals surface area contributed by atoms with Gasteiger partial charge in [0.2, 0.25) is 0 Å². The van der Waals surface area contributed by atoms with Crippen LogP contribution in [0.25, 0.3) is 0 Å². The fourth-order valence-electron chi connectivity index (χ4n) is 2.00. The average Bonchev–Trinajstić information content (AvgIpc) is 2.62. The highest BCUT2D eigenvalue weighted by Gasteiger charge is 2.06. The molecule has 0 aliphatic heterocycles. The summed E-state index contributed by atoms with van der Waals surface area (Å²) in [4.78, 5) is 2.26. The molecule has 4 heteroatoms. The maximum atomic E-state index is 5.63. The predicted octanol–water partition coefficient (Wildman–Crippen LogP) is 4.84. The molecule has 0 aliphatic carbocycles. The van der Waals surface area contributed by atoms with Gasteiger partial charge in [0.1, 0.15) is 0 Å². The number of aromatic nitrogens is 1. The Morgan fingerprint density at radius 1 is 1.26 bits per heavy atom. The van der Waals surface area contributed by atoms with Crippen LogP contribution in [0.4, 0.5) is 0 Å². The first kappa shape index (κ1) is 18.3. The smallest absolute Gasteiger partial charge is 0.0444 e. The van der Waals surface area contributed by atoms with Crippen LogP contribution < -0.4 is 5.73 Å². The zero-order valence-corrected chi connectivity index (χ0v) is 14.7. The van der Waals surface area contributed by atoms with Crippen molar-refractivity contribution in [3.8, 4) is 0 Å². The van der Waals surface area contributed by atoms with E-state index in [2.05, 4.69) is 39.0 Å². The van der Waals surface area contributed by atoms with Crippen molar-refractivity contribution in [3.05, 3.63) is 27.9 Å². The monoisotopic (exact) mass is 298 g/mol. The second-order valence-corrected chi connectivity index (χ2v) is 6.92. The van der Waals surface area contributed by atoms with Crippen molar-refractivity contribution in [1.82, 2.24) is 4.37 Å². The minimum Gasteiger partial charge on any atom is -0.402 e. The molecule has 0 radical (unpaired) electrons. The number of rotatable bonds is 3. The summed E-state index contributed by atoms with van der Waals surface area (Å²) in [5, 5.41) is 0. The lowest BCUT2D eigenvalue weighted by Crippen LogP contribution is -2.09. The van der Waals surface area contributed by atoms with Gasteiger partial charge in [0.05, 0.1) is 0 Å². The van der Waals surface area contributed by atoms with Crippen molar-refractivity contribution in [1.29, 1.82) is 0 Å². The normalized spacial score (nSPS) is 12.1. The van der Waals surface area contributed by atoms with Crippen molar-refractivity contribution in [2.45, 2.75) is 54.4 Å². The molecule has 2 nitrogen and oxygen atoms in total. The minimum atomic E-state index is 0.447. The lowest BCUT2D eigenvalue weighted by molar-refractivity contribution is 0.791. The molecule has 1 heterocycles. The van der Waals surface area contributed by atoms with Gasteiger partial charge in [-0.25, -0.2) is 4.37 Å². The molecule has 19 heavy (non-hydrogen) atoms. The van der Waals surface area contributed by atoms with E-state index in [1.807, 2.05) is 20.0 Å². The summed E-state index contributed by atoms with van der Waals surface area (Å²) >= 11 is 6.61. The van der Waals surface area contributed by atoms with E-state index in [0.717, 1.165) is 16.1 Å². The molecule has 0 saturated carbocycles. The van der Waals surface area contributed by atoms with Gasteiger partial charge in [-0.1, -0.05) is 39.9 Å². The summed E-state index contributed by atoms with van der Waals surface area (Å²) in [6, 6.07) is 0. The van der Waals surface area contributed by atoms with Crippen molar-refractivity contribution < 1.29 is 0 Å². The van der Waals surface area contributed by atoms with Crippen molar-refractivity contribution >= 4 is 28.6 Å². The van der Waals surface area contributed by atoms with Gasteiger partial charge in [-0.2, -0.15) is 0 Å². The molecule has 0 aromatic carbocycles. The number of hydrogen-bond donors (Lipinski definition) is 1. The van der Waals surface area contributed by atoms with E-state index in [1.165, 1.54) is 10.4 Å². The zero-order valence-electron chi connectivity index (χ0n) is 13.1. The molecule has 0 aliphatic rings. The Morgan fingerprint density at radius 2 is 1.79 bits per heavy atom. The average molecular weight is 299 g/mol. The van der Waals surface area contributed by atoms with Crippen LogP contribution >= 0.6 is 23.8 Å². The summed E-state index contributed by atoms with van der Waals surface area (Å²) in [5.74, 6) is 1.08. The van der Waals surface area contributed by atoms with Gasteiger partial charge in [-0.3, -0.25) is 0 Å². The number of nitrogens with two attached hydrogens (primary N) is 1.